The molecule has 0 radical (unpaired) electrons. The summed E-state index contributed by atoms with van der Waals surface area (Å²) < 4.78 is 83.8. The van der Waals surface area contributed by atoms with Gasteiger partial charge in [0.2, 0.25) is 0 Å². The number of hydrogen-bond acceptors (Lipinski definition) is 5. The van der Waals surface area contributed by atoms with Gasteiger partial charge >= 0.3 is 0 Å². The molecule has 2 heterocycles. The lowest BCUT2D eigenvalue weighted by molar-refractivity contribution is 0.172. The molecule has 3 aromatic rings. The smallest absolute Gasteiger partial charge is 0.197 e. The first-order chi connectivity index (χ1) is 15.4. The van der Waals surface area contributed by atoms with Gasteiger partial charge < -0.3 is 14.5 Å². The summed E-state index contributed by atoms with van der Waals surface area (Å²) in [6.45, 7) is -3.09. The minimum absolute atomic E-state index is 0.105. The van der Waals surface area contributed by atoms with Crippen molar-refractivity contribution >= 4 is 21.8 Å². The number of aromatic nitrogens is 3. The maximum absolute atomic E-state index is 12.9. The van der Waals surface area contributed by atoms with Gasteiger partial charge in [0.15, 0.2) is 5.16 Å². The van der Waals surface area contributed by atoms with Gasteiger partial charge in [0.05, 0.1) is 46.7 Å². The van der Waals surface area contributed by atoms with Gasteiger partial charge in [-0.15, -0.1) is 0 Å². The number of benzene rings is 1. The van der Waals surface area contributed by atoms with Crippen LogP contribution in [0.2, 0.25) is 0 Å². The molecule has 1 unspecified atom stereocenters. The van der Waals surface area contributed by atoms with Crippen LogP contribution in [0.25, 0.3) is 11.0 Å². The van der Waals surface area contributed by atoms with Gasteiger partial charge in [0.25, 0.3) is 0 Å². The van der Waals surface area contributed by atoms with E-state index in [0.717, 1.165) is 0 Å². The maximum atomic E-state index is 12.9. The van der Waals surface area contributed by atoms with Crippen molar-refractivity contribution in [2.45, 2.75) is 24.2 Å². The minimum atomic E-state index is -2.77. The van der Waals surface area contributed by atoms with Crippen LogP contribution >= 0.6 is 0 Å². The zero-order valence-corrected chi connectivity index (χ0v) is 14.0. The summed E-state index contributed by atoms with van der Waals surface area (Å²) in [4.78, 5) is 11.1. The number of methoxy groups -OCH3 is 1. The number of aromatic amines is 1. The summed E-state index contributed by atoms with van der Waals surface area (Å²) in [6.07, 6.45) is -0.429. The Morgan fingerprint density at radius 2 is 2.28 bits per heavy atom. The van der Waals surface area contributed by atoms with Gasteiger partial charge in [0.1, 0.15) is 5.75 Å². The van der Waals surface area contributed by atoms with Gasteiger partial charge in [-0.25, -0.2) is 4.98 Å². The highest BCUT2D eigenvalue weighted by atomic mass is 32.2. The van der Waals surface area contributed by atoms with E-state index in [1.165, 1.54) is 0 Å². The van der Waals surface area contributed by atoms with Gasteiger partial charge in [0, 0.05) is 35.9 Å². The number of nitrogens with one attached hydrogen (secondary N) is 1. The SMILES string of the molecule is [2H]c1nc(CS(=O)c2nc3ccccc3[nH]2)c(C([2H])([2H])[2H])c(OCCCOC([2H])([2H])[2H])c1[2H]. The lowest BCUT2D eigenvalue weighted by Gasteiger charge is -2.11. The minimum Gasteiger partial charge on any atom is -0.493 e. The van der Waals surface area contributed by atoms with Crippen LogP contribution in [0.1, 0.15) is 28.6 Å². The van der Waals surface area contributed by atoms with E-state index in [0.29, 0.717) is 11.0 Å². The molecule has 7 heteroatoms. The predicted molar refractivity (Wildman–Crippen MR) is 97.2 cm³/mol. The Balaban J connectivity index is 1.88. The van der Waals surface area contributed by atoms with Crippen molar-refractivity contribution in [1.82, 2.24) is 15.0 Å². The first-order valence-corrected chi connectivity index (χ1v) is 8.79. The summed E-state index contributed by atoms with van der Waals surface area (Å²) in [7, 11) is -4.38. The second-order valence-electron chi connectivity index (χ2n) is 5.10. The summed E-state index contributed by atoms with van der Waals surface area (Å²) >= 11 is 0. The monoisotopic (exact) mass is 367 g/mol. The molecule has 0 bridgehead atoms. The summed E-state index contributed by atoms with van der Waals surface area (Å²) in [6, 6.07) is 6.52. The van der Waals surface area contributed by atoms with Crippen LogP contribution in [0.3, 0.4) is 0 Å². The second-order valence-corrected chi connectivity index (χ2v) is 6.47. The van der Waals surface area contributed by atoms with Crippen molar-refractivity contribution in [2.24, 2.45) is 0 Å². The molecule has 1 aromatic carbocycles. The lowest BCUT2D eigenvalue weighted by atomic mass is 10.2. The van der Waals surface area contributed by atoms with E-state index in [9.17, 15) is 4.21 Å². The Hall–Kier alpha value is -2.25. The van der Waals surface area contributed by atoms with Gasteiger partial charge in [-0.2, -0.15) is 0 Å². The molecule has 1 N–H and O–H groups in total. The molecule has 6 nitrogen and oxygen atoms in total. The van der Waals surface area contributed by atoms with E-state index in [4.69, 9.17) is 15.7 Å². The zero-order valence-electron chi connectivity index (χ0n) is 21.2. The van der Waals surface area contributed by atoms with Gasteiger partial charge in [-0.1, -0.05) is 12.1 Å². The van der Waals surface area contributed by atoms with Crippen molar-refractivity contribution in [3.05, 3.63) is 47.7 Å². The fraction of sp³-hybridized carbons (Fsp3) is 0.333. The summed E-state index contributed by atoms with van der Waals surface area (Å²) in [5.41, 5.74) is 0.680. The van der Waals surface area contributed by atoms with Crippen molar-refractivity contribution in [3.63, 3.8) is 0 Å². The summed E-state index contributed by atoms with van der Waals surface area (Å²) in [5.74, 6) is -0.737. The van der Waals surface area contributed by atoms with E-state index in [1.54, 1.807) is 24.3 Å². The van der Waals surface area contributed by atoms with E-state index in [1.807, 2.05) is 0 Å². The van der Waals surface area contributed by atoms with Crippen molar-refractivity contribution < 1.29 is 24.6 Å². The molecule has 1 atom stereocenters. The number of ether oxygens (including phenoxy) is 2. The molecule has 0 saturated heterocycles. The fourth-order valence-corrected chi connectivity index (χ4v) is 3.16. The molecule has 0 saturated carbocycles. The molecule has 0 aliphatic heterocycles. The molecule has 0 aliphatic carbocycles. The number of rotatable bonds is 8. The van der Waals surface area contributed by atoms with E-state index >= 15 is 0 Å². The molecule has 3 rings (SSSR count). The van der Waals surface area contributed by atoms with Crippen LogP contribution in [-0.2, 0) is 21.3 Å². The average Bonchev–Trinajstić information content (AvgIpc) is 3.13. The Labute approximate surface area is 160 Å². The fourth-order valence-electron chi connectivity index (χ4n) is 2.14. The van der Waals surface area contributed by atoms with Crippen LogP contribution < -0.4 is 4.74 Å². The maximum Gasteiger partial charge on any atom is 0.197 e. The van der Waals surface area contributed by atoms with Crippen LogP contribution in [0.4, 0.5) is 0 Å². The molecule has 25 heavy (non-hydrogen) atoms. The Morgan fingerprint density at radius 3 is 3.12 bits per heavy atom. The molecule has 0 aliphatic rings. The largest absolute Gasteiger partial charge is 0.493 e. The molecule has 132 valence electrons. The number of hydrogen-bond donors (Lipinski definition) is 1. The number of fused-ring (bicyclic) bond motifs is 1. The Bertz CT molecular complexity index is 1130. The third kappa shape index (κ3) is 4.24. The molecular weight excluding hydrogens is 338 g/mol. The molecule has 2 aromatic heterocycles. The highest BCUT2D eigenvalue weighted by Crippen LogP contribution is 2.22. The quantitative estimate of drug-likeness (QED) is 0.619. The Kier molecular flexibility index (Phi) is 3.30. The second kappa shape index (κ2) is 8.22. The predicted octanol–water partition coefficient (Wildman–Crippen LogP) is 2.99. The standard InChI is InChI=1S/C18H21N3O3S/c1-13-16(19-9-8-17(13)24-11-5-10-23-2)12-25(22)18-20-14-6-3-4-7-15(14)21-18/h3-4,6-9H,5,10-12H2,1-2H3,(H,20,21)/i1D3,2D3,8D,9D. The van der Waals surface area contributed by atoms with Crippen LogP contribution in [0.15, 0.2) is 41.6 Å². The zero-order chi connectivity index (χ0) is 24.4. The third-order valence-electron chi connectivity index (χ3n) is 3.36. The van der Waals surface area contributed by atoms with Crippen molar-refractivity contribution in [1.29, 1.82) is 0 Å². The third-order valence-corrected chi connectivity index (χ3v) is 4.52. The average molecular weight is 367 g/mol. The van der Waals surface area contributed by atoms with Crippen LogP contribution in [0, 0.1) is 6.85 Å². The summed E-state index contributed by atoms with van der Waals surface area (Å²) in [5, 5.41) is 0.125. The van der Waals surface area contributed by atoms with E-state index in [-0.39, 0.29) is 42.0 Å². The number of H-pyrrole nitrogens is 1. The van der Waals surface area contributed by atoms with Crippen LogP contribution in [0.5, 0.6) is 5.75 Å². The molecule has 0 spiro atoms. The first kappa shape index (κ1) is 10.0. The normalized spacial score (nSPS) is 18.1. The van der Waals surface area contributed by atoms with E-state index < -0.39 is 42.5 Å². The number of nitrogens with zero attached hydrogens (tertiary/aromatic N) is 2. The molecular formula is C18H21N3O3S. The first-order valence-electron chi connectivity index (χ1n) is 11.5. The number of para-hydroxylation sites is 2. The molecule has 0 fully saturated rings. The van der Waals surface area contributed by atoms with Crippen molar-refractivity contribution in [2.75, 3.05) is 20.3 Å². The molecule has 0 amide bonds. The lowest BCUT2D eigenvalue weighted by Crippen LogP contribution is -2.06. The van der Waals surface area contributed by atoms with Crippen molar-refractivity contribution in [3.8, 4) is 5.75 Å². The van der Waals surface area contributed by atoms with Gasteiger partial charge in [-0.05, 0) is 25.0 Å². The van der Waals surface area contributed by atoms with Gasteiger partial charge in [-0.3, -0.25) is 9.19 Å². The highest BCUT2D eigenvalue weighted by Gasteiger charge is 2.14. The highest BCUT2D eigenvalue weighted by molar-refractivity contribution is 7.84. The van der Waals surface area contributed by atoms with Crippen LogP contribution in [-0.4, -0.2) is 39.4 Å². The van der Waals surface area contributed by atoms with E-state index in [2.05, 4.69) is 19.7 Å². The topological polar surface area (TPSA) is 77.1 Å². The number of imidazole rings is 1. The Morgan fingerprint density at radius 1 is 1.36 bits per heavy atom. The number of pyridine rings is 1.